The minimum absolute atomic E-state index is 0.456. The van der Waals surface area contributed by atoms with Gasteiger partial charge in [-0.3, -0.25) is 0 Å². The van der Waals surface area contributed by atoms with Crippen LogP contribution in [0.15, 0.2) is 30.3 Å². The van der Waals surface area contributed by atoms with Crippen molar-refractivity contribution in [3.63, 3.8) is 0 Å². The molecule has 0 heterocycles. The summed E-state index contributed by atoms with van der Waals surface area (Å²) >= 11 is 0. The third-order valence-corrected chi connectivity index (χ3v) is 3.30. The van der Waals surface area contributed by atoms with E-state index in [1.807, 2.05) is 0 Å². The van der Waals surface area contributed by atoms with Crippen molar-refractivity contribution in [2.75, 3.05) is 19.8 Å². The first-order chi connectivity index (χ1) is 8.79. The smallest absolute Gasteiger partial charge is 0.0466 e. The molecule has 102 valence electrons. The first kappa shape index (κ1) is 15.2. The minimum atomic E-state index is 0.456. The van der Waals surface area contributed by atoms with E-state index in [9.17, 15) is 0 Å². The van der Waals surface area contributed by atoms with Crippen molar-refractivity contribution in [2.45, 2.75) is 39.7 Å². The van der Waals surface area contributed by atoms with Gasteiger partial charge in [-0.2, -0.15) is 0 Å². The molecule has 1 aromatic carbocycles. The number of hydrogen-bond donors (Lipinski definition) is 1. The topological polar surface area (TPSA) is 21.3 Å². The Labute approximate surface area is 112 Å². The summed E-state index contributed by atoms with van der Waals surface area (Å²) in [6, 6.07) is 11.2. The van der Waals surface area contributed by atoms with Crippen molar-refractivity contribution in [3.05, 3.63) is 35.9 Å². The summed E-state index contributed by atoms with van der Waals surface area (Å²) in [6.45, 7) is 9.26. The largest absolute Gasteiger partial charge is 0.382 e. The summed E-state index contributed by atoms with van der Waals surface area (Å²) in [5.41, 5.74) is 1.39. The van der Waals surface area contributed by atoms with Crippen LogP contribution in [-0.2, 0) is 4.74 Å². The Morgan fingerprint density at radius 3 is 2.50 bits per heavy atom. The van der Waals surface area contributed by atoms with E-state index in [1.165, 1.54) is 12.0 Å². The molecule has 0 fully saturated rings. The molecule has 0 aliphatic heterocycles. The maximum atomic E-state index is 5.41. The molecular weight excluding hydrogens is 222 g/mol. The standard InChI is InChI=1S/C16H27NO/c1-4-17-16(15-11-7-6-8-12-15)14(3)10-9-13-18-5-2/h6-8,11-12,14,16-17H,4-5,9-10,13H2,1-3H3. The van der Waals surface area contributed by atoms with E-state index in [0.29, 0.717) is 12.0 Å². The van der Waals surface area contributed by atoms with Crippen LogP contribution in [0.25, 0.3) is 0 Å². The molecule has 0 aliphatic carbocycles. The molecule has 2 atom stereocenters. The van der Waals surface area contributed by atoms with Gasteiger partial charge in [0.25, 0.3) is 0 Å². The van der Waals surface area contributed by atoms with Crippen LogP contribution in [0.1, 0.15) is 45.2 Å². The lowest BCUT2D eigenvalue weighted by Gasteiger charge is -2.25. The van der Waals surface area contributed by atoms with Gasteiger partial charge in [-0.05, 0) is 37.8 Å². The highest BCUT2D eigenvalue weighted by Crippen LogP contribution is 2.25. The van der Waals surface area contributed by atoms with Gasteiger partial charge in [0, 0.05) is 19.3 Å². The average molecular weight is 249 g/mol. The van der Waals surface area contributed by atoms with Gasteiger partial charge in [0.1, 0.15) is 0 Å². The number of benzene rings is 1. The number of rotatable bonds is 9. The van der Waals surface area contributed by atoms with Crippen LogP contribution in [0.4, 0.5) is 0 Å². The molecule has 0 amide bonds. The third-order valence-electron chi connectivity index (χ3n) is 3.30. The molecule has 2 heteroatoms. The number of hydrogen-bond acceptors (Lipinski definition) is 2. The van der Waals surface area contributed by atoms with Crippen LogP contribution in [0.5, 0.6) is 0 Å². The average Bonchev–Trinajstić information content (AvgIpc) is 2.41. The second-order valence-electron chi connectivity index (χ2n) is 4.76. The lowest BCUT2D eigenvalue weighted by molar-refractivity contribution is 0.138. The summed E-state index contributed by atoms with van der Waals surface area (Å²) in [7, 11) is 0. The molecule has 0 bridgehead atoms. The molecule has 0 radical (unpaired) electrons. The van der Waals surface area contributed by atoms with Crippen molar-refractivity contribution in [3.8, 4) is 0 Å². The fourth-order valence-electron chi connectivity index (χ4n) is 2.35. The predicted octanol–water partition coefficient (Wildman–Crippen LogP) is 3.79. The highest BCUT2D eigenvalue weighted by molar-refractivity contribution is 5.19. The van der Waals surface area contributed by atoms with Gasteiger partial charge in [0.15, 0.2) is 0 Å². The van der Waals surface area contributed by atoms with Gasteiger partial charge in [-0.1, -0.05) is 44.2 Å². The minimum Gasteiger partial charge on any atom is -0.382 e. The Morgan fingerprint density at radius 1 is 1.17 bits per heavy atom. The van der Waals surface area contributed by atoms with Crippen molar-refractivity contribution in [1.29, 1.82) is 0 Å². The van der Waals surface area contributed by atoms with Crippen LogP contribution >= 0.6 is 0 Å². The first-order valence-electron chi connectivity index (χ1n) is 7.15. The Bertz CT molecular complexity index is 299. The molecular formula is C16H27NO. The van der Waals surface area contributed by atoms with Gasteiger partial charge in [-0.15, -0.1) is 0 Å². The number of nitrogens with one attached hydrogen (secondary N) is 1. The Kier molecular flexibility index (Phi) is 7.70. The monoisotopic (exact) mass is 249 g/mol. The van der Waals surface area contributed by atoms with E-state index in [2.05, 4.69) is 56.4 Å². The third kappa shape index (κ3) is 5.19. The molecule has 2 unspecified atom stereocenters. The fraction of sp³-hybridized carbons (Fsp3) is 0.625. The Morgan fingerprint density at radius 2 is 1.89 bits per heavy atom. The molecule has 0 saturated heterocycles. The van der Waals surface area contributed by atoms with Gasteiger partial charge < -0.3 is 10.1 Å². The van der Waals surface area contributed by atoms with Crippen LogP contribution in [0.3, 0.4) is 0 Å². The van der Waals surface area contributed by atoms with E-state index in [0.717, 1.165) is 26.2 Å². The molecule has 2 nitrogen and oxygen atoms in total. The zero-order chi connectivity index (χ0) is 13.2. The lowest BCUT2D eigenvalue weighted by atomic mass is 9.91. The van der Waals surface area contributed by atoms with Gasteiger partial charge >= 0.3 is 0 Å². The Balaban J connectivity index is 2.50. The summed E-state index contributed by atoms with van der Waals surface area (Å²) in [4.78, 5) is 0. The predicted molar refractivity (Wildman–Crippen MR) is 77.8 cm³/mol. The quantitative estimate of drug-likeness (QED) is 0.672. The molecule has 1 N–H and O–H groups in total. The SMILES string of the molecule is CCNC(c1ccccc1)C(C)CCCOCC. The summed E-state index contributed by atoms with van der Waals surface area (Å²) in [5.74, 6) is 0.632. The maximum Gasteiger partial charge on any atom is 0.0466 e. The van der Waals surface area contributed by atoms with Crippen LogP contribution in [-0.4, -0.2) is 19.8 Å². The second-order valence-corrected chi connectivity index (χ2v) is 4.76. The van der Waals surface area contributed by atoms with Gasteiger partial charge in [0.05, 0.1) is 0 Å². The second kappa shape index (κ2) is 9.12. The van der Waals surface area contributed by atoms with Crippen LogP contribution in [0.2, 0.25) is 0 Å². The Hall–Kier alpha value is -0.860. The first-order valence-corrected chi connectivity index (χ1v) is 7.15. The van der Waals surface area contributed by atoms with E-state index in [-0.39, 0.29) is 0 Å². The zero-order valence-electron chi connectivity index (χ0n) is 12.0. The highest BCUT2D eigenvalue weighted by Gasteiger charge is 2.17. The van der Waals surface area contributed by atoms with Crippen molar-refractivity contribution in [2.24, 2.45) is 5.92 Å². The number of ether oxygens (including phenoxy) is 1. The van der Waals surface area contributed by atoms with E-state index < -0.39 is 0 Å². The van der Waals surface area contributed by atoms with Crippen molar-refractivity contribution < 1.29 is 4.74 Å². The lowest BCUT2D eigenvalue weighted by Crippen LogP contribution is -2.27. The van der Waals surface area contributed by atoms with Crippen molar-refractivity contribution >= 4 is 0 Å². The maximum absolute atomic E-state index is 5.41. The van der Waals surface area contributed by atoms with Gasteiger partial charge in [0.2, 0.25) is 0 Å². The van der Waals surface area contributed by atoms with Crippen LogP contribution < -0.4 is 5.32 Å². The van der Waals surface area contributed by atoms with E-state index in [1.54, 1.807) is 0 Å². The molecule has 1 aromatic rings. The zero-order valence-corrected chi connectivity index (χ0v) is 12.0. The summed E-state index contributed by atoms with van der Waals surface area (Å²) in [5, 5.41) is 3.60. The normalized spacial score (nSPS) is 14.4. The van der Waals surface area contributed by atoms with Crippen molar-refractivity contribution in [1.82, 2.24) is 5.32 Å². The van der Waals surface area contributed by atoms with Crippen LogP contribution in [0, 0.1) is 5.92 Å². The molecule has 0 aromatic heterocycles. The fourth-order valence-corrected chi connectivity index (χ4v) is 2.35. The summed E-state index contributed by atoms with van der Waals surface area (Å²) < 4.78 is 5.41. The molecule has 0 spiro atoms. The highest BCUT2D eigenvalue weighted by atomic mass is 16.5. The van der Waals surface area contributed by atoms with Gasteiger partial charge in [-0.25, -0.2) is 0 Å². The molecule has 0 saturated carbocycles. The summed E-state index contributed by atoms with van der Waals surface area (Å²) in [6.07, 6.45) is 2.34. The molecule has 18 heavy (non-hydrogen) atoms. The van der Waals surface area contributed by atoms with E-state index in [4.69, 9.17) is 4.74 Å². The van der Waals surface area contributed by atoms with E-state index >= 15 is 0 Å². The molecule has 1 rings (SSSR count). The molecule has 0 aliphatic rings.